The van der Waals surface area contributed by atoms with Crippen LogP contribution >= 0.6 is 0 Å². The maximum absolute atomic E-state index is 13.5. The Labute approximate surface area is 122 Å². The van der Waals surface area contributed by atoms with Gasteiger partial charge in [0.2, 0.25) is 5.91 Å². The zero-order valence-corrected chi connectivity index (χ0v) is 11.9. The minimum Gasteiger partial charge on any atom is -0.494 e. The summed E-state index contributed by atoms with van der Waals surface area (Å²) in [5.41, 5.74) is 0.445. The Morgan fingerprint density at radius 3 is 2.71 bits per heavy atom. The fourth-order valence-corrected chi connectivity index (χ4v) is 1.74. The second-order valence-corrected chi connectivity index (χ2v) is 4.41. The zero-order chi connectivity index (χ0) is 15.8. The van der Waals surface area contributed by atoms with Gasteiger partial charge >= 0.3 is 5.97 Å². The highest BCUT2D eigenvalue weighted by atomic mass is 19.1. The zero-order valence-electron chi connectivity index (χ0n) is 11.9. The van der Waals surface area contributed by atoms with Gasteiger partial charge in [-0.25, -0.2) is 9.18 Å². The molecule has 6 heteroatoms. The van der Waals surface area contributed by atoms with Crippen molar-refractivity contribution in [2.75, 3.05) is 7.11 Å². The molecule has 1 rings (SSSR count). The smallest absolute Gasteiger partial charge is 0.326 e. The highest BCUT2D eigenvalue weighted by molar-refractivity contribution is 5.85. The van der Waals surface area contributed by atoms with Crippen LogP contribution in [-0.2, 0) is 16.0 Å². The molecule has 1 atom stereocenters. The van der Waals surface area contributed by atoms with Crippen molar-refractivity contribution in [2.24, 2.45) is 0 Å². The van der Waals surface area contributed by atoms with Crippen molar-refractivity contribution in [1.29, 1.82) is 0 Å². The molecule has 1 unspecified atom stereocenters. The number of rotatable bonds is 7. The number of ether oxygens (including phenoxy) is 1. The van der Waals surface area contributed by atoms with Crippen LogP contribution < -0.4 is 10.1 Å². The fourth-order valence-electron chi connectivity index (χ4n) is 1.74. The minimum absolute atomic E-state index is 0.0932. The SMILES string of the molecule is C/C=C/CC(NC(=O)Cc1ccc(OC)c(F)c1)C(=O)O. The van der Waals surface area contributed by atoms with Crippen molar-refractivity contribution in [1.82, 2.24) is 5.32 Å². The van der Waals surface area contributed by atoms with E-state index in [0.29, 0.717) is 5.56 Å². The summed E-state index contributed by atoms with van der Waals surface area (Å²) in [7, 11) is 1.35. The van der Waals surface area contributed by atoms with E-state index in [9.17, 15) is 14.0 Å². The maximum atomic E-state index is 13.5. The molecule has 0 aliphatic rings. The lowest BCUT2D eigenvalue weighted by molar-refractivity contribution is -0.141. The molecule has 0 spiro atoms. The molecule has 114 valence electrons. The van der Waals surface area contributed by atoms with Gasteiger partial charge in [0.25, 0.3) is 0 Å². The summed E-state index contributed by atoms with van der Waals surface area (Å²) in [5, 5.41) is 11.4. The standard InChI is InChI=1S/C15H18FNO4/c1-3-4-5-12(15(19)20)17-14(18)9-10-6-7-13(21-2)11(16)8-10/h3-4,6-8,12H,5,9H2,1-2H3,(H,17,18)(H,19,20)/b4-3+. The number of carbonyl (C=O) groups excluding carboxylic acids is 1. The molecule has 2 N–H and O–H groups in total. The van der Waals surface area contributed by atoms with Gasteiger partial charge in [0.05, 0.1) is 13.5 Å². The first-order chi connectivity index (χ1) is 9.97. The number of benzene rings is 1. The summed E-state index contributed by atoms with van der Waals surface area (Å²) in [5.74, 6) is -2.05. The van der Waals surface area contributed by atoms with Gasteiger partial charge in [-0.1, -0.05) is 18.2 Å². The summed E-state index contributed by atoms with van der Waals surface area (Å²) < 4.78 is 18.3. The van der Waals surface area contributed by atoms with Gasteiger partial charge in [-0.15, -0.1) is 0 Å². The van der Waals surface area contributed by atoms with Crippen LogP contribution in [0, 0.1) is 5.82 Å². The van der Waals surface area contributed by atoms with E-state index in [1.807, 2.05) is 0 Å². The van der Waals surface area contributed by atoms with Crippen molar-refractivity contribution in [2.45, 2.75) is 25.8 Å². The van der Waals surface area contributed by atoms with Gasteiger partial charge in [0, 0.05) is 0 Å². The van der Waals surface area contributed by atoms with Crippen LogP contribution in [0.3, 0.4) is 0 Å². The molecule has 0 saturated heterocycles. The molecule has 0 bridgehead atoms. The first-order valence-corrected chi connectivity index (χ1v) is 6.43. The van der Waals surface area contributed by atoms with E-state index in [1.165, 1.54) is 19.2 Å². The van der Waals surface area contributed by atoms with Crippen molar-refractivity contribution in [3.63, 3.8) is 0 Å². The van der Waals surface area contributed by atoms with Gasteiger partial charge in [-0.2, -0.15) is 0 Å². The molecule has 1 aromatic carbocycles. The average molecular weight is 295 g/mol. The number of nitrogens with one attached hydrogen (secondary N) is 1. The lowest BCUT2D eigenvalue weighted by Gasteiger charge is -2.13. The first-order valence-electron chi connectivity index (χ1n) is 6.43. The highest BCUT2D eigenvalue weighted by Crippen LogP contribution is 2.17. The Bertz CT molecular complexity index is 542. The van der Waals surface area contributed by atoms with E-state index in [2.05, 4.69) is 5.32 Å². The second kappa shape index (κ2) is 8.04. The third-order valence-electron chi connectivity index (χ3n) is 2.82. The number of methoxy groups -OCH3 is 1. The second-order valence-electron chi connectivity index (χ2n) is 4.41. The van der Waals surface area contributed by atoms with Gasteiger partial charge in [-0.05, 0) is 31.0 Å². The predicted octanol–water partition coefficient (Wildman–Crippen LogP) is 1.91. The van der Waals surface area contributed by atoms with E-state index in [0.717, 1.165) is 0 Å². The van der Waals surface area contributed by atoms with Crippen molar-refractivity contribution < 1.29 is 23.8 Å². The van der Waals surface area contributed by atoms with Crippen LogP contribution in [0.15, 0.2) is 30.4 Å². The number of carboxylic acid groups (broad SMARTS) is 1. The summed E-state index contributed by atoms with van der Waals surface area (Å²) in [6.45, 7) is 1.76. The number of carbonyl (C=O) groups is 2. The molecule has 0 aliphatic carbocycles. The molecule has 5 nitrogen and oxygen atoms in total. The monoisotopic (exact) mass is 295 g/mol. The number of hydrogen-bond acceptors (Lipinski definition) is 3. The molecule has 0 aromatic heterocycles. The molecule has 0 aliphatic heterocycles. The van der Waals surface area contributed by atoms with Crippen molar-refractivity contribution in [3.05, 3.63) is 41.7 Å². The lowest BCUT2D eigenvalue weighted by Crippen LogP contribution is -2.41. The van der Waals surface area contributed by atoms with Gasteiger partial charge in [-0.3, -0.25) is 4.79 Å². The summed E-state index contributed by atoms with van der Waals surface area (Å²) >= 11 is 0. The number of allylic oxidation sites excluding steroid dienone is 1. The van der Waals surface area contributed by atoms with E-state index in [4.69, 9.17) is 9.84 Å². The van der Waals surface area contributed by atoms with Crippen LogP contribution in [0.4, 0.5) is 4.39 Å². The maximum Gasteiger partial charge on any atom is 0.326 e. The van der Waals surface area contributed by atoms with Crippen LogP contribution in [-0.4, -0.2) is 30.1 Å². The number of amides is 1. The third-order valence-corrected chi connectivity index (χ3v) is 2.82. The third kappa shape index (κ3) is 5.25. The Hall–Kier alpha value is -2.37. The predicted molar refractivity (Wildman–Crippen MR) is 75.7 cm³/mol. The largest absolute Gasteiger partial charge is 0.494 e. The molecule has 0 heterocycles. The van der Waals surface area contributed by atoms with E-state index >= 15 is 0 Å². The molecule has 21 heavy (non-hydrogen) atoms. The Kier molecular flexibility index (Phi) is 6.39. The number of halogens is 1. The average Bonchev–Trinajstić information content (AvgIpc) is 2.43. The normalized spacial score (nSPS) is 12.1. The first kappa shape index (κ1) is 16.7. The molecular formula is C15H18FNO4. The number of hydrogen-bond donors (Lipinski definition) is 2. The van der Waals surface area contributed by atoms with Crippen molar-refractivity contribution >= 4 is 11.9 Å². The quantitative estimate of drug-likeness (QED) is 0.753. The van der Waals surface area contributed by atoms with Gasteiger partial charge in [0.15, 0.2) is 11.6 Å². The van der Waals surface area contributed by atoms with Crippen LogP contribution in [0.1, 0.15) is 18.9 Å². The number of aliphatic carboxylic acids is 1. The molecule has 1 aromatic rings. The lowest BCUT2D eigenvalue weighted by atomic mass is 10.1. The summed E-state index contributed by atoms with van der Waals surface area (Å²) in [6, 6.07) is 3.19. The fraction of sp³-hybridized carbons (Fsp3) is 0.333. The van der Waals surface area contributed by atoms with Gasteiger partial charge in [0.1, 0.15) is 6.04 Å². The van der Waals surface area contributed by atoms with Crippen LogP contribution in [0.2, 0.25) is 0 Å². The Balaban J connectivity index is 2.67. The minimum atomic E-state index is -1.11. The molecule has 0 fully saturated rings. The van der Waals surface area contributed by atoms with Crippen LogP contribution in [0.5, 0.6) is 5.75 Å². The molecule has 0 radical (unpaired) electrons. The molecule has 0 saturated carbocycles. The van der Waals surface area contributed by atoms with E-state index < -0.39 is 23.7 Å². The topological polar surface area (TPSA) is 75.6 Å². The van der Waals surface area contributed by atoms with Gasteiger partial charge < -0.3 is 15.2 Å². The van der Waals surface area contributed by atoms with E-state index in [1.54, 1.807) is 25.1 Å². The number of carboxylic acids is 1. The molecule has 1 amide bonds. The summed E-state index contributed by atoms with van der Waals surface area (Å²) in [4.78, 5) is 22.8. The Morgan fingerprint density at radius 1 is 1.48 bits per heavy atom. The molecular weight excluding hydrogens is 277 g/mol. The summed E-state index contributed by atoms with van der Waals surface area (Å²) in [6.07, 6.45) is 3.47. The highest BCUT2D eigenvalue weighted by Gasteiger charge is 2.18. The van der Waals surface area contributed by atoms with E-state index in [-0.39, 0.29) is 18.6 Å². The van der Waals surface area contributed by atoms with Crippen molar-refractivity contribution in [3.8, 4) is 5.75 Å². The van der Waals surface area contributed by atoms with Crippen LogP contribution in [0.25, 0.3) is 0 Å². The Morgan fingerprint density at radius 2 is 2.19 bits per heavy atom.